The maximum atomic E-state index is 12.3. The molecule has 1 fully saturated rings. The summed E-state index contributed by atoms with van der Waals surface area (Å²) in [5.41, 5.74) is 6.81. The summed E-state index contributed by atoms with van der Waals surface area (Å²) in [5.74, 6) is 0. The van der Waals surface area contributed by atoms with E-state index < -0.39 is 9.84 Å². The first-order valence-corrected chi connectivity index (χ1v) is 7.65. The number of nitrogens with one attached hydrogen (secondary N) is 1. The van der Waals surface area contributed by atoms with Gasteiger partial charge in [0.25, 0.3) is 0 Å². The van der Waals surface area contributed by atoms with Gasteiger partial charge in [-0.1, -0.05) is 18.6 Å². The van der Waals surface area contributed by atoms with Gasteiger partial charge in [0.2, 0.25) is 9.84 Å². The first-order chi connectivity index (χ1) is 8.59. The second-order valence-corrected chi connectivity index (χ2v) is 6.83. The Balaban J connectivity index is 1.88. The van der Waals surface area contributed by atoms with Gasteiger partial charge in [-0.2, -0.15) is 0 Å². The number of hydrogen-bond acceptors (Lipinski definition) is 4. The highest BCUT2D eigenvalue weighted by atomic mass is 32.2. The van der Waals surface area contributed by atoms with Gasteiger partial charge in [-0.25, -0.2) is 8.42 Å². The lowest BCUT2D eigenvalue weighted by molar-refractivity contribution is 0.351. The molecule has 0 aromatic heterocycles. The summed E-state index contributed by atoms with van der Waals surface area (Å²) >= 11 is 0. The molecule has 0 unspecified atom stereocenters. The van der Waals surface area contributed by atoms with E-state index in [1.165, 1.54) is 6.42 Å². The van der Waals surface area contributed by atoms with Crippen LogP contribution in [-0.4, -0.2) is 21.0 Å². The summed E-state index contributed by atoms with van der Waals surface area (Å²) < 4.78 is 24.7. The number of hydrogen-bond donors (Lipinski definition) is 2. The summed E-state index contributed by atoms with van der Waals surface area (Å²) in [6.45, 7) is 0.404. The molecule has 2 aliphatic rings. The van der Waals surface area contributed by atoms with Gasteiger partial charge in [-0.15, -0.1) is 0 Å². The highest BCUT2D eigenvalue weighted by Gasteiger charge is 2.31. The van der Waals surface area contributed by atoms with E-state index in [0.717, 1.165) is 12.8 Å². The molecule has 3 N–H and O–H groups in total. The molecule has 3 rings (SSSR count). The summed E-state index contributed by atoms with van der Waals surface area (Å²) in [5, 5.41) is 3.28. The van der Waals surface area contributed by atoms with Gasteiger partial charge in [-0.3, -0.25) is 0 Å². The van der Waals surface area contributed by atoms with E-state index >= 15 is 0 Å². The Bertz CT molecular complexity index is 616. The summed E-state index contributed by atoms with van der Waals surface area (Å²) in [4.78, 5) is 0.706. The molecule has 4 nitrogen and oxygen atoms in total. The van der Waals surface area contributed by atoms with Crippen LogP contribution >= 0.6 is 0 Å². The second kappa shape index (κ2) is 4.10. The van der Waals surface area contributed by atoms with E-state index in [4.69, 9.17) is 5.73 Å². The molecule has 0 spiro atoms. The predicted octanol–water partition coefficient (Wildman–Crippen LogP) is 1.54. The Morgan fingerprint density at radius 2 is 2.11 bits per heavy atom. The van der Waals surface area contributed by atoms with Crippen molar-refractivity contribution in [3.63, 3.8) is 0 Å². The Hall–Kier alpha value is -1.33. The first-order valence-electron chi connectivity index (χ1n) is 6.16. The van der Waals surface area contributed by atoms with Gasteiger partial charge in [0, 0.05) is 12.6 Å². The molecule has 0 bridgehead atoms. The van der Waals surface area contributed by atoms with E-state index in [2.05, 4.69) is 5.32 Å². The fourth-order valence-electron chi connectivity index (χ4n) is 2.38. The average Bonchev–Trinajstić information content (AvgIpc) is 2.49. The molecule has 0 saturated heterocycles. The SMILES string of the molecule is Nc1cccc2c1S(=O)(=O)C(CNC1CCC1)=C2. The van der Waals surface area contributed by atoms with Crippen LogP contribution in [0.1, 0.15) is 24.8 Å². The number of anilines is 1. The number of nitrogen functional groups attached to an aromatic ring is 1. The molecule has 1 aliphatic carbocycles. The third kappa shape index (κ3) is 1.74. The van der Waals surface area contributed by atoms with Crippen LogP contribution in [0.2, 0.25) is 0 Å². The molecule has 18 heavy (non-hydrogen) atoms. The van der Waals surface area contributed by atoms with Crippen LogP contribution < -0.4 is 11.1 Å². The first kappa shape index (κ1) is 11.7. The van der Waals surface area contributed by atoms with E-state index in [0.29, 0.717) is 28.7 Å². The molecule has 1 aromatic rings. The van der Waals surface area contributed by atoms with Crippen LogP contribution in [0.4, 0.5) is 5.69 Å². The molecular weight excluding hydrogens is 248 g/mol. The van der Waals surface area contributed by atoms with Crippen LogP contribution in [0.5, 0.6) is 0 Å². The van der Waals surface area contributed by atoms with Crippen LogP contribution in [0, 0.1) is 0 Å². The molecule has 96 valence electrons. The molecule has 5 heteroatoms. The van der Waals surface area contributed by atoms with Crippen LogP contribution in [0.3, 0.4) is 0 Å². The van der Waals surface area contributed by atoms with Gasteiger partial charge in [0.05, 0.1) is 10.6 Å². The van der Waals surface area contributed by atoms with E-state index in [9.17, 15) is 8.42 Å². The summed E-state index contributed by atoms with van der Waals surface area (Å²) in [6, 6.07) is 5.68. The van der Waals surface area contributed by atoms with Gasteiger partial charge in [0.15, 0.2) is 0 Å². The summed E-state index contributed by atoms with van der Waals surface area (Å²) in [6.07, 6.45) is 5.24. The number of rotatable bonds is 3. The van der Waals surface area contributed by atoms with Gasteiger partial charge < -0.3 is 11.1 Å². The molecule has 0 amide bonds. The standard InChI is InChI=1S/C13H16N2O2S/c14-12-6-1-3-9-7-11(18(16,17)13(9)12)8-15-10-4-2-5-10/h1,3,6-7,10,15H,2,4-5,8,14H2. The zero-order chi connectivity index (χ0) is 12.8. The maximum Gasteiger partial charge on any atom is 0.206 e. The Morgan fingerprint density at radius 3 is 2.72 bits per heavy atom. The van der Waals surface area contributed by atoms with Crippen LogP contribution in [0.25, 0.3) is 6.08 Å². The highest BCUT2D eigenvalue weighted by molar-refractivity contribution is 7.96. The van der Waals surface area contributed by atoms with Crippen LogP contribution in [-0.2, 0) is 9.84 Å². The Kier molecular flexibility index (Phi) is 2.68. The van der Waals surface area contributed by atoms with Crippen molar-refractivity contribution in [3.8, 4) is 0 Å². The zero-order valence-corrected chi connectivity index (χ0v) is 10.8. The number of fused-ring (bicyclic) bond motifs is 1. The van der Waals surface area contributed by atoms with E-state index in [1.807, 2.05) is 0 Å². The second-order valence-electron chi connectivity index (χ2n) is 4.89. The van der Waals surface area contributed by atoms with Crippen LogP contribution in [0.15, 0.2) is 28.0 Å². The van der Waals surface area contributed by atoms with Crippen molar-refractivity contribution >= 4 is 21.6 Å². The van der Waals surface area contributed by atoms with Crippen molar-refractivity contribution < 1.29 is 8.42 Å². The molecule has 1 heterocycles. The number of benzene rings is 1. The fraction of sp³-hybridized carbons (Fsp3) is 0.385. The van der Waals surface area contributed by atoms with Gasteiger partial charge >= 0.3 is 0 Å². The monoisotopic (exact) mass is 264 g/mol. The van der Waals surface area contributed by atoms with Crippen molar-refractivity contribution in [3.05, 3.63) is 28.7 Å². The lowest BCUT2D eigenvalue weighted by Crippen LogP contribution is -2.36. The molecule has 1 aromatic carbocycles. The average molecular weight is 264 g/mol. The van der Waals surface area contributed by atoms with Gasteiger partial charge in [0.1, 0.15) is 4.90 Å². The van der Waals surface area contributed by atoms with Crippen molar-refractivity contribution in [1.82, 2.24) is 5.32 Å². The topological polar surface area (TPSA) is 72.2 Å². The summed E-state index contributed by atoms with van der Waals surface area (Å²) in [7, 11) is -3.38. The van der Waals surface area contributed by atoms with Crippen molar-refractivity contribution in [2.24, 2.45) is 0 Å². The minimum Gasteiger partial charge on any atom is -0.398 e. The van der Waals surface area contributed by atoms with Crippen molar-refractivity contribution in [2.45, 2.75) is 30.2 Å². The zero-order valence-electron chi connectivity index (χ0n) is 10.0. The third-order valence-corrected chi connectivity index (χ3v) is 5.64. The van der Waals surface area contributed by atoms with E-state index in [-0.39, 0.29) is 4.90 Å². The quantitative estimate of drug-likeness (QED) is 0.812. The number of sulfone groups is 1. The highest BCUT2D eigenvalue weighted by Crippen LogP contribution is 2.36. The minimum atomic E-state index is -3.38. The largest absolute Gasteiger partial charge is 0.398 e. The Labute approximate surface area is 107 Å². The lowest BCUT2D eigenvalue weighted by Gasteiger charge is -2.26. The smallest absolute Gasteiger partial charge is 0.206 e. The molecule has 1 aliphatic heterocycles. The van der Waals surface area contributed by atoms with Crippen molar-refractivity contribution in [2.75, 3.05) is 12.3 Å². The molecule has 0 atom stereocenters. The number of nitrogens with two attached hydrogens (primary N) is 1. The Morgan fingerprint density at radius 1 is 1.33 bits per heavy atom. The van der Waals surface area contributed by atoms with Gasteiger partial charge in [-0.05, 0) is 30.5 Å². The molecule has 0 radical (unpaired) electrons. The molecular formula is C13H16N2O2S. The van der Waals surface area contributed by atoms with Crippen molar-refractivity contribution in [1.29, 1.82) is 0 Å². The van der Waals surface area contributed by atoms with E-state index in [1.54, 1.807) is 24.3 Å². The normalized spacial score (nSPS) is 21.2. The third-order valence-electron chi connectivity index (χ3n) is 3.68. The lowest BCUT2D eigenvalue weighted by atomic mass is 9.93. The fourth-order valence-corrected chi connectivity index (χ4v) is 4.02. The maximum absolute atomic E-state index is 12.3. The minimum absolute atomic E-state index is 0.274. The predicted molar refractivity (Wildman–Crippen MR) is 71.7 cm³/mol. The molecule has 1 saturated carbocycles.